The van der Waals surface area contributed by atoms with E-state index in [1.54, 1.807) is 18.2 Å². The zero-order valence-corrected chi connectivity index (χ0v) is 12.8. The van der Waals surface area contributed by atoms with Crippen LogP contribution in [0.2, 0.25) is 5.02 Å². The van der Waals surface area contributed by atoms with Crippen molar-refractivity contribution in [3.05, 3.63) is 28.8 Å². The van der Waals surface area contributed by atoms with Crippen molar-refractivity contribution >= 4 is 17.6 Å². The minimum atomic E-state index is -0.987. The second-order valence-corrected chi connectivity index (χ2v) is 3.44. The summed E-state index contributed by atoms with van der Waals surface area (Å²) in [5.41, 5.74) is 0.825. The molecule has 0 aliphatic heterocycles. The maximum Gasteiger partial charge on any atom is 1.00 e. The van der Waals surface area contributed by atoms with Gasteiger partial charge in [-0.1, -0.05) is 11.6 Å². The van der Waals surface area contributed by atoms with Gasteiger partial charge in [-0.2, -0.15) is 0 Å². The van der Waals surface area contributed by atoms with Crippen LogP contribution in [0.3, 0.4) is 0 Å². The van der Waals surface area contributed by atoms with Crippen molar-refractivity contribution in [1.82, 2.24) is 0 Å². The number of benzene rings is 1. The average Bonchev–Trinajstić information content (AvgIpc) is 2.09. The zero-order chi connectivity index (χ0) is 10.7. The Hall–Kier alpha value is 0.416. The van der Waals surface area contributed by atoms with E-state index in [1.165, 1.54) is 6.92 Å². The monoisotopic (exact) mass is 254 g/mol. The van der Waals surface area contributed by atoms with Gasteiger partial charge in [0.15, 0.2) is 6.10 Å². The number of carboxylic acid groups (broad SMARTS) is 1. The topological polar surface area (TPSA) is 46.5 Å². The molecule has 0 unspecified atom stereocenters. The van der Waals surface area contributed by atoms with E-state index in [9.17, 15) is 4.79 Å². The van der Waals surface area contributed by atoms with Gasteiger partial charge >= 0.3 is 57.4 Å². The molecule has 0 amide bonds. The van der Waals surface area contributed by atoms with Crippen molar-refractivity contribution in [2.75, 3.05) is 0 Å². The maximum atomic E-state index is 10.5. The first-order valence-electron chi connectivity index (χ1n) is 4.16. The smallest absolute Gasteiger partial charge is 1.00 e. The van der Waals surface area contributed by atoms with Crippen LogP contribution in [0, 0.1) is 6.92 Å². The molecule has 0 spiro atoms. The summed E-state index contributed by atoms with van der Waals surface area (Å²) in [5, 5.41) is 9.25. The third-order valence-electron chi connectivity index (χ3n) is 1.79. The Bertz CT molecular complexity index is 360. The van der Waals surface area contributed by atoms with Gasteiger partial charge in [-0.25, -0.2) is 4.79 Å². The number of aryl methyl sites for hydroxylation is 1. The van der Waals surface area contributed by atoms with Gasteiger partial charge in [-0.3, -0.25) is 0 Å². The molecule has 0 fully saturated rings. The van der Waals surface area contributed by atoms with E-state index in [-0.39, 0.29) is 52.8 Å². The molecule has 0 radical (unpaired) electrons. The van der Waals surface area contributed by atoms with Crippen molar-refractivity contribution in [1.29, 1.82) is 0 Å². The fraction of sp³-hybridized carbons (Fsp3) is 0.300. The molecule has 0 aliphatic carbocycles. The fourth-order valence-corrected chi connectivity index (χ4v) is 1.21. The first-order chi connectivity index (χ1) is 6.50. The van der Waals surface area contributed by atoms with Gasteiger partial charge in [0.25, 0.3) is 0 Å². The number of aliphatic carboxylic acids is 1. The van der Waals surface area contributed by atoms with Crippen molar-refractivity contribution in [2.45, 2.75) is 20.0 Å². The summed E-state index contributed by atoms with van der Waals surface area (Å²) in [6.45, 7) is 3.30. The summed E-state index contributed by atoms with van der Waals surface area (Å²) >= 11 is 5.74. The molecule has 5 heteroatoms. The summed E-state index contributed by atoms with van der Waals surface area (Å²) < 4.78 is 5.20. The SMILES string of the molecule is Cc1cc(Cl)ccc1O[C@H](C)C(=O)O.[H-].[K+]. The molecular formula is C10H12ClKO3. The normalized spacial score (nSPS) is 11.4. The molecule has 3 nitrogen and oxygen atoms in total. The molecule has 0 saturated carbocycles. The van der Waals surface area contributed by atoms with Gasteiger partial charge < -0.3 is 11.3 Å². The Morgan fingerprint density at radius 3 is 2.67 bits per heavy atom. The minimum absolute atomic E-state index is 0. The van der Waals surface area contributed by atoms with Crippen LogP contribution in [0.1, 0.15) is 13.9 Å². The summed E-state index contributed by atoms with van der Waals surface area (Å²) in [7, 11) is 0. The number of carboxylic acids is 1. The van der Waals surface area contributed by atoms with E-state index in [0.29, 0.717) is 10.8 Å². The van der Waals surface area contributed by atoms with Crippen molar-refractivity contribution < 1.29 is 67.4 Å². The molecular weight excluding hydrogens is 243 g/mol. The second kappa shape index (κ2) is 6.88. The molecule has 15 heavy (non-hydrogen) atoms. The summed E-state index contributed by atoms with van der Waals surface area (Å²) in [5.74, 6) is -0.441. The third-order valence-corrected chi connectivity index (χ3v) is 2.02. The van der Waals surface area contributed by atoms with Crippen LogP contribution in [0.4, 0.5) is 0 Å². The third kappa shape index (κ3) is 4.85. The van der Waals surface area contributed by atoms with E-state index in [1.807, 2.05) is 6.92 Å². The van der Waals surface area contributed by atoms with Gasteiger partial charge in [-0.05, 0) is 37.6 Å². The molecule has 0 heterocycles. The predicted octanol–water partition coefficient (Wildman–Crippen LogP) is -0.383. The van der Waals surface area contributed by atoms with Crippen LogP contribution in [-0.2, 0) is 4.79 Å². The van der Waals surface area contributed by atoms with Crippen LogP contribution >= 0.6 is 11.6 Å². The maximum absolute atomic E-state index is 10.5. The number of rotatable bonds is 3. The van der Waals surface area contributed by atoms with Crippen molar-refractivity contribution in [3.63, 3.8) is 0 Å². The number of carbonyl (C=O) groups is 1. The van der Waals surface area contributed by atoms with Crippen LogP contribution in [0.15, 0.2) is 18.2 Å². The molecule has 1 aromatic rings. The Labute approximate surface area is 138 Å². The number of ether oxygens (including phenoxy) is 1. The average molecular weight is 255 g/mol. The van der Waals surface area contributed by atoms with Gasteiger partial charge in [0.05, 0.1) is 0 Å². The van der Waals surface area contributed by atoms with E-state index < -0.39 is 12.1 Å². The summed E-state index contributed by atoms with van der Waals surface area (Å²) in [6, 6.07) is 5.06. The zero-order valence-electron chi connectivity index (χ0n) is 9.95. The van der Waals surface area contributed by atoms with E-state index in [2.05, 4.69) is 0 Å². The molecule has 0 aromatic heterocycles. The van der Waals surface area contributed by atoms with Crippen LogP contribution in [-0.4, -0.2) is 17.2 Å². The molecule has 1 atom stereocenters. The summed E-state index contributed by atoms with van der Waals surface area (Å²) in [6.07, 6.45) is -0.852. The largest absolute Gasteiger partial charge is 1.00 e. The molecule has 1 aromatic carbocycles. The quantitative estimate of drug-likeness (QED) is 0.748. The van der Waals surface area contributed by atoms with Gasteiger partial charge in [0, 0.05) is 5.02 Å². The molecule has 0 bridgehead atoms. The van der Waals surface area contributed by atoms with Gasteiger partial charge in [0.2, 0.25) is 0 Å². The Balaban J connectivity index is 0. The van der Waals surface area contributed by atoms with Crippen molar-refractivity contribution in [3.8, 4) is 5.75 Å². The summed E-state index contributed by atoms with van der Waals surface area (Å²) in [4.78, 5) is 10.5. The predicted molar refractivity (Wildman–Crippen MR) is 55.0 cm³/mol. The first kappa shape index (κ1) is 15.4. The molecule has 1 rings (SSSR count). The molecule has 0 aliphatic rings. The Kier molecular flexibility index (Phi) is 7.07. The van der Waals surface area contributed by atoms with Crippen LogP contribution < -0.4 is 56.1 Å². The standard InChI is InChI=1S/C10H11ClO3.K.H/c1-6-5-8(11)3-4-9(6)14-7(2)10(12)13;;/h3-5,7H,1-2H3,(H,12,13);;/q;+1;-1/t7-;;/m1../s1. The van der Waals surface area contributed by atoms with Crippen LogP contribution in [0.25, 0.3) is 0 Å². The van der Waals surface area contributed by atoms with Crippen molar-refractivity contribution in [2.24, 2.45) is 0 Å². The second-order valence-electron chi connectivity index (χ2n) is 3.01. The van der Waals surface area contributed by atoms with E-state index >= 15 is 0 Å². The molecule has 0 saturated heterocycles. The minimum Gasteiger partial charge on any atom is -1.00 e. The molecule has 1 N–H and O–H groups in total. The van der Waals surface area contributed by atoms with Gasteiger partial charge in [-0.15, -0.1) is 0 Å². The first-order valence-corrected chi connectivity index (χ1v) is 4.54. The van der Waals surface area contributed by atoms with E-state index in [4.69, 9.17) is 21.4 Å². The number of hydrogen-bond acceptors (Lipinski definition) is 2. The number of halogens is 1. The molecule has 78 valence electrons. The van der Waals surface area contributed by atoms with Gasteiger partial charge in [0.1, 0.15) is 5.75 Å². The number of hydrogen-bond donors (Lipinski definition) is 1. The Morgan fingerprint density at radius 2 is 2.20 bits per heavy atom. The Morgan fingerprint density at radius 1 is 1.60 bits per heavy atom. The van der Waals surface area contributed by atoms with Crippen LogP contribution in [0.5, 0.6) is 5.75 Å². The fourth-order valence-electron chi connectivity index (χ4n) is 0.986. The van der Waals surface area contributed by atoms with E-state index in [0.717, 1.165) is 5.56 Å².